The maximum Gasteiger partial charge on any atom is 0.303 e. The summed E-state index contributed by atoms with van der Waals surface area (Å²) in [5, 5.41) is 8.62. The standard InChI is InChI=1S/C22H28BrNO4S2/c1-28-18-12-11-17(23)14-16(18)15-19-21(27)24(22(29)30-19)13-9-7-5-3-2-4-6-8-10-20(25)26/h11-12,14-15H,2-10,13H2,1H3,(H,25,26). The molecule has 0 aromatic heterocycles. The van der Waals surface area contributed by atoms with E-state index in [4.69, 9.17) is 22.1 Å². The molecule has 1 aliphatic rings. The van der Waals surface area contributed by atoms with Crippen molar-refractivity contribution in [3.05, 3.63) is 33.1 Å². The fourth-order valence-corrected chi connectivity index (χ4v) is 4.94. The number of halogens is 1. The van der Waals surface area contributed by atoms with E-state index in [1.807, 2.05) is 24.3 Å². The predicted octanol–water partition coefficient (Wildman–Crippen LogP) is 6.25. The van der Waals surface area contributed by atoms with Gasteiger partial charge in [-0.2, -0.15) is 0 Å². The molecule has 0 radical (unpaired) electrons. The zero-order chi connectivity index (χ0) is 21.9. The second-order valence-electron chi connectivity index (χ2n) is 7.19. The van der Waals surface area contributed by atoms with Gasteiger partial charge < -0.3 is 9.84 Å². The van der Waals surface area contributed by atoms with E-state index in [0.29, 0.717) is 21.5 Å². The summed E-state index contributed by atoms with van der Waals surface area (Å²) in [4.78, 5) is 25.6. The van der Waals surface area contributed by atoms with Gasteiger partial charge in [0.05, 0.1) is 12.0 Å². The minimum absolute atomic E-state index is 0.0366. The van der Waals surface area contributed by atoms with Gasteiger partial charge in [0, 0.05) is 23.0 Å². The number of carbonyl (C=O) groups is 2. The van der Waals surface area contributed by atoms with Gasteiger partial charge >= 0.3 is 5.97 Å². The minimum Gasteiger partial charge on any atom is -0.496 e. The van der Waals surface area contributed by atoms with E-state index >= 15 is 0 Å². The number of rotatable bonds is 13. The fourth-order valence-electron chi connectivity index (χ4n) is 3.26. The Balaban J connectivity index is 1.73. The lowest BCUT2D eigenvalue weighted by molar-refractivity contribution is -0.137. The van der Waals surface area contributed by atoms with Gasteiger partial charge in [-0.3, -0.25) is 14.5 Å². The van der Waals surface area contributed by atoms with E-state index in [1.54, 1.807) is 12.0 Å². The summed E-state index contributed by atoms with van der Waals surface area (Å²) >= 11 is 10.2. The molecule has 1 aliphatic heterocycles. The lowest BCUT2D eigenvalue weighted by Gasteiger charge is -2.14. The molecule has 1 aromatic rings. The molecule has 164 valence electrons. The molecular weight excluding hydrogens is 486 g/mol. The second kappa shape index (κ2) is 13.1. The van der Waals surface area contributed by atoms with Crippen LogP contribution in [0.15, 0.2) is 27.6 Å². The number of thiocarbonyl (C=S) groups is 1. The number of carbonyl (C=O) groups excluding carboxylic acids is 1. The summed E-state index contributed by atoms with van der Waals surface area (Å²) in [5.74, 6) is -0.0341. The van der Waals surface area contributed by atoms with Crippen molar-refractivity contribution >= 4 is 62.2 Å². The highest BCUT2D eigenvalue weighted by Gasteiger charge is 2.31. The Morgan fingerprint density at radius 1 is 1.17 bits per heavy atom. The van der Waals surface area contributed by atoms with E-state index in [-0.39, 0.29) is 12.3 Å². The number of carboxylic acids is 1. The zero-order valence-corrected chi connectivity index (χ0v) is 20.4. The van der Waals surface area contributed by atoms with Crippen molar-refractivity contribution in [2.24, 2.45) is 0 Å². The van der Waals surface area contributed by atoms with Crippen LogP contribution in [0.25, 0.3) is 6.08 Å². The highest BCUT2D eigenvalue weighted by Crippen LogP contribution is 2.35. The number of aliphatic carboxylic acids is 1. The summed E-state index contributed by atoms with van der Waals surface area (Å²) in [6.07, 6.45) is 10.3. The number of carboxylic acid groups (broad SMARTS) is 1. The van der Waals surface area contributed by atoms with Crippen molar-refractivity contribution in [3.8, 4) is 5.75 Å². The van der Waals surface area contributed by atoms with Crippen molar-refractivity contribution < 1.29 is 19.4 Å². The van der Waals surface area contributed by atoms with Crippen LogP contribution >= 0.6 is 39.9 Å². The zero-order valence-electron chi connectivity index (χ0n) is 17.2. The average Bonchev–Trinajstić information content (AvgIpc) is 2.96. The molecule has 1 heterocycles. The summed E-state index contributed by atoms with van der Waals surface area (Å²) in [7, 11) is 1.61. The monoisotopic (exact) mass is 513 g/mol. The Kier molecular flexibility index (Phi) is 10.9. The minimum atomic E-state index is -0.712. The van der Waals surface area contributed by atoms with Gasteiger partial charge in [-0.15, -0.1) is 0 Å². The van der Waals surface area contributed by atoms with Crippen molar-refractivity contribution in [2.75, 3.05) is 13.7 Å². The molecule has 1 N–H and O–H groups in total. The first-order chi connectivity index (χ1) is 14.4. The lowest BCUT2D eigenvalue weighted by Crippen LogP contribution is -2.29. The smallest absolute Gasteiger partial charge is 0.303 e. The van der Waals surface area contributed by atoms with Crippen LogP contribution < -0.4 is 4.74 Å². The molecule has 0 unspecified atom stereocenters. The largest absolute Gasteiger partial charge is 0.496 e. The molecule has 1 aromatic carbocycles. The van der Waals surface area contributed by atoms with Crippen LogP contribution in [0, 0.1) is 0 Å². The van der Waals surface area contributed by atoms with Crippen LogP contribution in [-0.4, -0.2) is 39.9 Å². The molecule has 2 rings (SSSR count). The molecular formula is C22H28BrNO4S2. The summed E-state index contributed by atoms with van der Waals surface area (Å²) in [6, 6.07) is 5.69. The second-order valence-corrected chi connectivity index (χ2v) is 9.78. The highest BCUT2D eigenvalue weighted by molar-refractivity contribution is 9.10. The molecule has 30 heavy (non-hydrogen) atoms. The van der Waals surface area contributed by atoms with Crippen LogP contribution in [0.4, 0.5) is 0 Å². The van der Waals surface area contributed by atoms with Crippen molar-refractivity contribution in [2.45, 2.75) is 57.8 Å². The number of hydrogen-bond acceptors (Lipinski definition) is 5. The van der Waals surface area contributed by atoms with Gasteiger partial charge in [-0.1, -0.05) is 78.4 Å². The molecule has 0 spiro atoms. The van der Waals surface area contributed by atoms with Crippen molar-refractivity contribution in [1.29, 1.82) is 0 Å². The molecule has 0 saturated carbocycles. The number of benzene rings is 1. The Hall–Kier alpha value is -1.38. The lowest BCUT2D eigenvalue weighted by atomic mass is 10.1. The van der Waals surface area contributed by atoms with Gasteiger partial charge in [0.1, 0.15) is 10.1 Å². The highest BCUT2D eigenvalue weighted by atomic mass is 79.9. The number of hydrogen-bond donors (Lipinski definition) is 1. The Morgan fingerprint density at radius 2 is 1.80 bits per heavy atom. The van der Waals surface area contributed by atoms with Gasteiger partial charge in [0.2, 0.25) is 0 Å². The van der Waals surface area contributed by atoms with Crippen LogP contribution in [-0.2, 0) is 9.59 Å². The number of unbranched alkanes of at least 4 members (excludes halogenated alkanes) is 7. The first kappa shape index (κ1) is 24.9. The maximum absolute atomic E-state index is 12.8. The Bertz CT molecular complexity index is 797. The van der Waals surface area contributed by atoms with Gasteiger partial charge in [0.15, 0.2) is 0 Å². The average molecular weight is 515 g/mol. The Morgan fingerprint density at radius 3 is 2.43 bits per heavy atom. The third-order valence-corrected chi connectivity index (χ3v) is 6.75. The maximum atomic E-state index is 12.8. The number of nitrogens with zero attached hydrogens (tertiary/aromatic N) is 1. The van der Waals surface area contributed by atoms with Gasteiger partial charge in [0.25, 0.3) is 5.91 Å². The molecule has 5 nitrogen and oxygen atoms in total. The van der Waals surface area contributed by atoms with E-state index < -0.39 is 5.97 Å². The van der Waals surface area contributed by atoms with Crippen LogP contribution in [0.2, 0.25) is 0 Å². The SMILES string of the molecule is COc1ccc(Br)cc1C=C1SC(=S)N(CCCCCCCCCCC(=O)O)C1=O. The number of thioether (sulfide) groups is 1. The van der Waals surface area contributed by atoms with Crippen LogP contribution in [0.5, 0.6) is 5.75 Å². The topological polar surface area (TPSA) is 66.8 Å². The van der Waals surface area contributed by atoms with Crippen molar-refractivity contribution in [3.63, 3.8) is 0 Å². The van der Waals surface area contributed by atoms with E-state index in [2.05, 4.69) is 15.9 Å². The molecule has 0 bridgehead atoms. The summed E-state index contributed by atoms with van der Waals surface area (Å²) in [5.41, 5.74) is 0.843. The van der Waals surface area contributed by atoms with Gasteiger partial charge in [-0.25, -0.2) is 0 Å². The molecule has 1 fully saturated rings. The van der Waals surface area contributed by atoms with E-state index in [9.17, 15) is 9.59 Å². The number of amides is 1. The number of ether oxygens (including phenoxy) is 1. The number of methoxy groups -OCH3 is 1. The van der Waals surface area contributed by atoms with E-state index in [0.717, 1.165) is 61.4 Å². The van der Waals surface area contributed by atoms with Crippen LogP contribution in [0.3, 0.4) is 0 Å². The Labute approximate surface area is 196 Å². The third-order valence-electron chi connectivity index (χ3n) is 4.87. The molecule has 1 saturated heterocycles. The molecule has 8 heteroatoms. The molecule has 0 aliphatic carbocycles. The van der Waals surface area contributed by atoms with Crippen LogP contribution in [0.1, 0.15) is 63.4 Å². The molecule has 1 amide bonds. The van der Waals surface area contributed by atoms with Gasteiger partial charge in [-0.05, 0) is 37.1 Å². The van der Waals surface area contributed by atoms with E-state index in [1.165, 1.54) is 11.8 Å². The normalized spacial score (nSPS) is 15.3. The quantitative estimate of drug-likeness (QED) is 0.191. The first-order valence-electron chi connectivity index (χ1n) is 10.2. The first-order valence-corrected chi connectivity index (χ1v) is 12.2. The fraction of sp³-hybridized carbons (Fsp3) is 0.500. The summed E-state index contributed by atoms with van der Waals surface area (Å²) in [6.45, 7) is 0.649. The molecule has 0 atom stereocenters. The summed E-state index contributed by atoms with van der Waals surface area (Å²) < 4.78 is 6.92. The predicted molar refractivity (Wildman–Crippen MR) is 130 cm³/mol. The van der Waals surface area contributed by atoms with Crippen molar-refractivity contribution in [1.82, 2.24) is 4.90 Å². The third kappa shape index (κ3) is 8.04.